The van der Waals surface area contributed by atoms with Crippen LogP contribution >= 0.6 is 27.5 Å². The second-order valence-corrected chi connectivity index (χ2v) is 8.92. The Morgan fingerprint density at radius 1 is 1.06 bits per heavy atom. The molecule has 0 aromatic heterocycles. The van der Waals surface area contributed by atoms with Crippen molar-refractivity contribution in [2.45, 2.75) is 39.3 Å². The lowest BCUT2D eigenvalue weighted by Gasteiger charge is -2.31. The minimum Gasteiger partial charge on any atom is -0.483 e. The summed E-state index contributed by atoms with van der Waals surface area (Å²) in [6.07, 6.45) is 1.30. The number of benzene rings is 3. The topological polar surface area (TPSA) is 58.6 Å². The quantitative estimate of drug-likeness (QED) is 0.351. The van der Waals surface area contributed by atoms with E-state index in [2.05, 4.69) is 21.2 Å². The number of amides is 2. The van der Waals surface area contributed by atoms with Crippen LogP contribution in [0.1, 0.15) is 32.3 Å². The van der Waals surface area contributed by atoms with E-state index in [0.29, 0.717) is 23.7 Å². The van der Waals surface area contributed by atoms with E-state index in [9.17, 15) is 9.59 Å². The molecule has 0 aliphatic rings. The molecule has 3 aromatic rings. The van der Waals surface area contributed by atoms with Gasteiger partial charge in [-0.25, -0.2) is 0 Å². The molecule has 33 heavy (non-hydrogen) atoms. The molecule has 174 valence electrons. The number of rotatable bonds is 10. The van der Waals surface area contributed by atoms with E-state index in [1.54, 1.807) is 11.0 Å². The van der Waals surface area contributed by atoms with E-state index in [4.69, 9.17) is 16.3 Å². The van der Waals surface area contributed by atoms with Crippen molar-refractivity contribution in [2.24, 2.45) is 0 Å². The van der Waals surface area contributed by atoms with E-state index in [-0.39, 0.29) is 25.0 Å². The van der Waals surface area contributed by atoms with Crippen molar-refractivity contribution in [1.29, 1.82) is 0 Å². The fraction of sp³-hybridized carbons (Fsp3) is 0.308. The first kappa shape index (κ1) is 25.1. The molecule has 5 nitrogen and oxygen atoms in total. The van der Waals surface area contributed by atoms with Crippen molar-refractivity contribution in [2.75, 3.05) is 13.2 Å². The van der Waals surface area contributed by atoms with Crippen LogP contribution in [0.4, 0.5) is 0 Å². The molecule has 0 aliphatic carbocycles. The van der Waals surface area contributed by atoms with Crippen LogP contribution in [0.5, 0.6) is 5.75 Å². The maximum Gasteiger partial charge on any atom is 0.261 e. The van der Waals surface area contributed by atoms with Crippen LogP contribution in [-0.4, -0.2) is 35.9 Å². The van der Waals surface area contributed by atoms with Gasteiger partial charge in [-0.2, -0.15) is 0 Å². The summed E-state index contributed by atoms with van der Waals surface area (Å²) in [4.78, 5) is 27.7. The van der Waals surface area contributed by atoms with Gasteiger partial charge in [0.15, 0.2) is 6.61 Å². The summed E-state index contributed by atoms with van der Waals surface area (Å²) in [6, 6.07) is 18.4. The zero-order valence-electron chi connectivity index (χ0n) is 18.8. The van der Waals surface area contributed by atoms with Crippen molar-refractivity contribution in [3.8, 4) is 5.75 Å². The molecule has 0 unspecified atom stereocenters. The Hall–Kier alpha value is -2.57. The van der Waals surface area contributed by atoms with E-state index < -0.39 is 6.04 Å². The molecule has 3 rings (SSSR count). The first-order chi connectivity index (χ1) is 16.0. The Balaban J connectivity index is 1.83. The third-order valence-electron chi connectivity index (χ3n) is 5.41. The van der Waals surface area contributed by atoms with Crippen molar-refractivity contribution in [3.63, 3.8) is 0 Å². The van der Waals surface area contributed by atoms with Crippen molar-refractivity contribution < 1.29 is 14.3 Å². The zero-order chi connectivity index (χ0) is 23.8. The van der Waals surface area contributed by atoms with Crippen LogP contribution in [0.15, 0.2) is 65.1 Å². The Labute approximate surface area is 208 Å². The third kappa shape index (κ3) is 6.27. The number of ether oxygens (including phenoxy) is 1. The maximum atomic E-state index is 13.3. The normalized spacial score (nSPS) is 11.8. The average molecular weight is 532 g/mol. The summed E-state index contributed by atoms with van der Waals surface area (Å²) in [6.45, 7) is 4.47. The monoisotopic (exact) mass is 530 g/mol. The molecule has 0 saturated heterocycles. The van der Waals surface area contributed by atoms with E-state index in [1.165, 1.54) is 0 Å². The van der Waals surface area contributed by atoms with Gasteiger partial charge >= 0.3 is 0 Å². The molecular weight excluding hydrogens is 504 g/mol. The van der Waals surface area contributed by atoms with Gasteiger partial charge in [0.1, 0.15) is 11.8 Å². The Morgan fingerprint density at radius 2 is 1.79 bits per heavy atom. The summed E-state index contributed by atoms with van der Waals surface area (Å²) in [7, 11) is 0. The highest BCUT2D eigenvalue weighted by atomic mass is 79.9. The smallest absolute Gasteiger partial charge is 0.261 e. The first-order valence-electron chi connectivity index (χ1n) is 11.1. The number of nitrogens with zero attached hydrogens (tertiary/aromatic N) is 1. The number of hydrogen-bond donors (Lipinski definition) is 1. The molecular formula is C26H28BrClN2O3. The summed E-state index contributed by atoms with van der Waals surface area (Å²) in [5.74, 6) is 0.114. The highest BCUT2D eigenvalue weighted by Gasteiger charge is 2.29. The fourth-order valence-electron chi connectivity index (χ4n) is 3.64. The maximum absolute atomic E-state index is 13.3. The third-order valence-corrected chi connectivity index (χ3v) is 6.60. The number of fused-ring (bicyclic) bond motifs is 1. The second-order valence-electron chi connectivity index (χ2n) is 7.72. The molecule has 7 heteroatoms. The van der Waals surface area contributed by atoms with Gasteiger partial charge in [0.2, 0.25) is 5.91 Å². The number of carbonyl (C=O) groups is 2. The van der Waals surface area contributed by atoms with Crippen LogP contribution in [-0.2, 0) is 16.1 Å². The fourth-order valence-corrected chi connectivity index (χ4v) is 4.45. The van der Waals surface area contributed by atoms with Gasteiger partial charge < -0.3 is 15.0 Å². The summed E-state index contributed by atoms with van der Waals surface area (Å²) in [5, 5.41) is 5.53. The number of carbonyl (C=O) groups excluding carboxylic acids is 2. The molecule has 1 atom stereocenters. The molecule has 0 bridgehead atoms. The minimum absolute atomic E-state index is 0.174. The first-order valence-corrected chi connectivity index (χ1v) is 12.2. The van der Waals surface area contributed by atoms with Crippen LogP contribution in [0.25, 0.3) is 10.8 Å². The molecule has 0 radical (unpaired) electrons. The molecule has 0 aliphatic heterocycles. The molecule has 0 spiro atoms. The minimum atomic E-state index is -0.621. The Kier molecular flexibility index (Phi) is 9.15. The lowest BCUT2D eigenvalue weighted by molar-refractivity contribution is -0.143. The Morgan fingerprint density at radius 3 is 2.52 bits per heavy atom. The molecule has 1 N–H and O–H groups in total. The summed E-state index contributed by atoms with van der Waals surface area (Å²) < 4.78 is 6.70. The standard InChI is InChI=1S/C26H28BrClN2O3/c1-3-15-29-26(32)22(4-2)30(16-19-10-6-8-12-21(19)28)24(31)17-33-23-14-13-18-9-5-7-11-20(18)25(23)27/h5-14,22H,3-4,15-17H2,1-2H3,(H,29,32)/t22-/m0/s1. The summed E-state index contributed by atoms with van der Waals surface area (Å²) >= 11 is 9.95. The predicted molar refractivity (Wildman–Crippen MR) is 137 cm³/mol. The SMILES string of the molecule is CCCNC(=O)[C@H](CC)N(Cc1ccccc1Cl)C(=O)COc1ccc2ccccc2c1Br. The highest BCUT2D eigenvalue weighted by molar-refractivity contribution is 9.10. The number of hydrogen-bond acceptors (Lipinski definition) is 3. The molecule has 0 saturated carbocycles. The van der Waals surface area contributed by atoms with E-state index in [0.717, 1.165) is 27.2 Å². The van der Waals surface area contributed by atoms with Crippen LogP contribution in [0.3, 0.4) is 0 Å². The van der Waals surface area contributed by atoms with Gasteiger partial charge in [0.05, 0.1) is 4.47 Å². The zero-order valence-corrected chi connectivity index (χ0v) is 21.2. The Bertz CT molecular complexity index is 1120. The molecule has 2 amide bonds. The largest absolute Gasteiger partial charge is 0.483 e. The molecule has 0 fully saturated rings. The molecule has 3 aromatic carbocycles. The van der Waals surface area contributed by atoms with Gasteiger partial charge in [-0.15, -0.1) is 0 Å². The van der Waals surface area contributed by atoms with E-state index >= 15 is 0 Å². The van der Waals surface area contributed by atoms with Crippen molar-refractivity contribution in [1.82, 2.24) is 10.2 Å². The average Bonchev–Trinajstić information content (AvgIpc) is 2.83. The lowest BCUT2D eigenvalue weighted by atomic mass is 10.1. The van der Waals surface area contributed by atoms with Gasteiger partial charge in [0.25, 0.3) is 5.91 Å². The van der Waals surface area contributed by atoms with Crippen LogP contribution in [0, 0.1) is 0 Å². The second kappa shape index (κ2) is 12.1. The van der Waals surface area contributed by atoms with Crippen molar-refractivity contribution >= 4 is 50.1 Å². The number of nitrogens with one attached hydrogen (secondary N) is 1. The van der Waals surface area contributed by atoms with Gasteiger partial charge in [0, 0.05) is 18.1 Å². The van der Waals surface area contributed by atoms with Crippen molar-refractivity contribution in [3.05, 3.63) is 75.7 Å². The lowest BCUT2D eigenvalue weighted by Crippen LogP contribution is -2.50. The highest BCUT2D eigenvalue weighted by Crippen LogP contribution is 2.33. The van der Waals surface area contributed by atoms with E-state index in [1.807, 2.05) is 68.4 Å². The molecule has 0 heterocycles. The van der Waals surface area contributed by atoms with Crippen LogP contribution in [0.2, 0.25) is 5.02 Å². The predicted octanol–water partition coefficient (Wildman–Crippen LogP) is 5.97. The number of halogens is 2. The van der Waals surface area contributed by atoms with Gasteiger partial charge in [-0.05, 0) is 57.2 Å². The van der Waals surface area contributed by atoms with Gasteiger partial charge in [-0.1, -0.05) is 74.0 Å². The summed E-state index contributed by atoms with van der Waals surface area (Å²) in [5.41, 5.74) is 0.779. The van der Waals surface area contributed by atoms with Gasteiger partial charge in [-0.3, -0.25) is 9.59 Å². The van der Waals surface area contributed by atoms with Crippen LogP contribution < -0.4 is 10.1 Å².